The molecule has 9 atom stereocenters. The highest BCUT2D eigenvalue weighted by atomic mass is 16.6. The van der Waals surface area contributed by atoms with Gasteiger partial charge in [-0.15, -0.1) is 0 Å². The highest BCUT2D eigenvalue weighted by Gasteiger charge is 2.49. The summed E-state index contributed by atoms with van der Waals surface area (Å²) in [5.41, 5.74) is 0. The topological polar surface area (TPSA) is 180 Å². The van der Waals surface area contributed by atoms with E-state index in [0.717, 1.165) is 25.7 Å². The van der Waals surface area contributed by atoms with Gasteiger partial charge in [0.1, 0.15) is 42.7 Å². The number of hydrogen-bond acceptors (Lipinski definition) is 9. The zero-order chi connectivity index (χ0) is 35.6. The summed E-state index contributed by atoms with van der Waals surface area (Å²) < 4.78 is 5.47. The third-order valence-electron chi connectivity index (χ3n) is 10.1. The Hall–Kier alpha value is -0.850. The first-order valence-electron chi connectivity index (χ1n) is 19.8. The molecule has 0 radical (unpaired) electrons. The lowest BCUT2D eigenvalue weighted by Crippen LogP contribution is -2.66. The van der Waals surface area contributed by atoms with Crippen LogP contribution in [0.2, 0.25) is 0 Å². The minimum absolute atomic E-state index is 0.175. The molecule has 1 saturated heterocycles. The number of carbonyl (C=O) groups excluding carboxylic acids is 1. The van der Waals surface area contributed by atoms with Gasteiger partial charge >= 0.3 is 0 Å². The van der Waals surface area contributed by atoms with Crippen LogP contribution >= 0.6 is 0 Å². The third kappa shape index (κ3) is 18.9. The Balaban J connectivity index is 2.25. The van der Waals surface area contributed by atoms with Gasteiger partial charge in [-0.05, 0) is 12.8 Å². The van der Waals surface area contributed by atoms with Gasteiger partial charge < -0.3 is 45.8 Å². The van der Waals surface area contributed by atoms with Crippen molar-refractivity contribution in [1.82, 2.24) is 5.32 Å². The van der Waals surface area contributed by atoms with Crippen molar-refractivity contribution in [2.75, 3.05) is 6.61 Å². The zero-order valence-corrected chi connectivity index (χ0v) is 30.5. The molecule has 1 fully saturated rings. The van der Waals surface area contributed by atoms with E-state index in [9.17, 15) is 40.5 Å². The van der Waals surface area contributed by atoms with Crippen molar-refractivity contribution in [3.63, 3.8) is 0 Å². The number of hydrogen-bond donors (Lipinski definition) is 8. The summed E-state index contributed by atoms with van der Waals surface area (Å²) in [5.74, 6) is -0.414. The second-order valence-electron chi connectivity index (χ2n) is 14.4. The van der Waals surface area contributed by atoms with Crippen LogP contribution in [0.15, 0.2) is 0 Å². The second kappa shape index (κ2) is 28.8. The maximum atomic E-state index is 12.9. The van der Waals surface area contributed by atoms with Crippen molar-refractivity contribution in [2.45, 2.75) is 229 Å². The molecule has 1 aliphatic heterocycles. The highest BCUT2D eigenvalue weighted by Crippen LogP contribution is 2.26. The van der Waals surface area contributed by atoms with Crippen molar-refractivity contribution >= 4 is 5.91 Å². The van der Waals surface area contributed by atoms with Crippen LogP contribution in [0.3, 0.4) is 0 Å². The van der Waals surface area contributed by atoms with Crippen molar-refractivity contribution in [2.24, 2.45) is 0 Å². The maximum absolute atomic E-state index is 12.9. The molecule has 0 aliphatic carbocycles. The number of rotatable bonds is 31. The van der Waals surface area contributed by atoms with Gasteiger partial charge in [-0.1, -0.05) is 155 Å². The standard InChI is InChI=1S/C38H75NO9/c1-3-5-7-8-9-10-11-12-13-14-15-16-17-18-19-20-21-22-23-24-25-27-31(42)39-32(33(43)29(41)26-6-4-2)35(45)38-37(47)36(46)34(44)30(28-40)48-38/h29-30,32-38,40-41,43-47H,3-28H2,1-2H3,(H,39,42)/t29?,30-,32?,33?,34+,35?,36+,37-,38?/m1/s1. The van der Waals surface area contributed by atoms with E-state index in [-0.39, 0.29) is 12.8 Å². The van der Waals surface area contributed by atoms with Crippen LogP contribution in [0, 0.1) is 0 Å². The Morgan fingerprint density at radius 3 is 1.44 bits per heavy atom. The molecule has 0 spiro atoms. The van der Waals surface area contributed by atoms with E-state index in [1.54, 1.807) is 0 Å². The third-order valence-corrected chi connectivity index (χ3v) is 10.1. The summed E-state index contributed by atoms with van der Waals surface area (Å²) in [6.45, 7) is 3.53. The van der Waals surface area contributed by atoms with Gasteiger partial charge in [0, 0.05) is 6.42 Å². The summed E-state index contributed by atoms with van der Waals surface area (Å²) in [6.07, 6.45) is 16.2. The lowest BCUT2D eigenvalue weighted by Gasteiger charge is -2.44. The summed E-state index contributed by atoms with van der Waals surface area (Å²) >= 11 is 0. The molecule has 1 aliphatic rings. The first-order chi connectivity index (χ1) is 23.2. The quantitative estimate of drug-likeness (QED) is 0.0455. The average Bonchev–Trinajstić information content (AvgIpc) is 3.08. The molecule has 0 aromatic rings. The Bertz CT molecular complexity index is 758. The molecule has 8 N–H and O–H groups in total. The van der Waals surface area contributed by atoms with Gasteiger partial charge in [-0.2, -0.15) is 0 Å². The number of ether oxygens (including phenoxy) is 1. The molecule has 48 heavy (non-hydrogen) atoms. The van der Waals surface area contributed by atoms with Gasteiger partial charge in [0.05, 0.1) is 18.8 Å². The fourth-order valence-electron chi connectivity index (χ4n) is 6.79. The molecule has 1 heterocycles. The summed E-state index contributed by atoms with van der Waals surface area (Å²) in [5, 5.41) is 75.5. The smallest absolute Gasteiger partial charge is 0.220 e. The van der Waals surface area contributed by atoms with Gasteiger partial charge in [0.15, 0.2) is 0 Å². The van der Waals surface area contributed by atoms with Crippen molar-refractivity contribution in [1.29, 1.82) is 0 Å². The minimum Gasteiger partial charge on any atom is -0.394 e. The minimum atomic E-state index is -1.74. The molecule has 5 unspecified atom stereocenters. The number of aliphatic hydroxyl groups is 7. The van der Waals surface area contributed by atoms with Crippen LogP contribution < -0.4 is 5.32 Å². The molecule has 0 aromatic heterocycles. The number of unbranched alkanes of at least 4 members (excludes halogenated alkanes) is 21. The summed E-state index contributed by atoms with van der Waals surface area (Å²) in [4.78, 5) is 12.9. The van der Waals surface area contributed by atoms with E-state index in [0.29, 0.717) is 12.8 Å². The highest BCUT2D eigenvalue weighted by molar-refractivity contribution is 5.76. The molecular weight excluding hydrogens is 614 g/mol. The fraction of sp³-hybridized carbons (Fsp3) is 0.974. The van der Waals surface area contributed by atoms with Crippen LogP contribution in [-0.2, 0) is 9.53 Å². The van der Waals surface area contributed by atoms with E-state index in [4.69, 9.17) is 4.74 Å². The number of amides is 1. The molecule has 10 nitrogen and oxygen atoms in total. The van der Waals surface area contributed by atoms with Crippen LogP contribution in [-0.4, -0.2) is 103 Å². The SMILES string of the molecule is CCCCCCCCCCCCCCCCCCCCCCCC(=O)NC(C(O)C(O)CCCC)C(O)C1O[C@H](CO)[C@H](O)[C@H](O)[C@H]1O. The van der Waals surface area contributed by atoms with E-state index < -0.39 is 67.4 Å². The predicted octanol–water partition coefficient (Wildman–Crippen LogP) is 5.19. The van der Waals surface area contributed by atoms with Gasteiger partial charge in [0.25, 0.3) is 0 Å². The number of nitrogens with one attached hydrogen (secondary N) is 1. The molecule has 286 valence electrons. The number of aliphatic hydroxyl groups excluding tert-OH is 7. The van der Waals surface area contributed by atoms with Gasteiger partial charge in [-0.25, -0.2) is 0 Å². The first kappa shape index (κ1) is 45.2. The van der Waals surface area contributed by atoms with Gasteiger partial charge in [-0.3, -0.25) is 4.79 Å². The second-order valence-corrected chi connectivity index (χ2v) is 14.4. The zero-order valence-electron chi connectivity index (χ0n) is 30.5. The number of carbonyl (C=O) groups is 1. The molecule has 0 bridgehead atoms. The van der Waals surface area contributed by atoms with Crippen molar-refractivity contribution < 1.29 is 45.3 Å². The van der Waals surface area contributed by atoms with Gasteiger partial charge in [0.2, 0.25) is 5.91 Å². The summed E-state index contributed by atoms with van der Waals surface area (Å²) in [7, 11) is 0. The molecule has 0 saturated carbocycles. The Labute approximate surface area is 292 Å². The van der Waals surface area contributed by atoms with E-state index in [1.165, 1.54) is 109 Å². The molecule has 1 amide bonds. The van der Waals surface area contributed by atoms with Crippen LogP contribution in [0.1, 0.15) is 174 Å². The molecule has 0 aromatic carbocycles. The molecule has 10 heteroatoms. The Kier molecular flexibility index (Phi) is 27.1. The monoisotopic (exact) mass is 690 g/mol. The predicted molar refractivity (Wildman–Crippen MR) is 190 cm³/mol. The van der Waals surface area contributed by atoms with Crippen molar-refractivity contribution in [3.05, 3.63) is 0 Å². The molecule has 1 rings (SSSR count). The lowest BCUT2D eigenvalue weighted by atomic mass is 9.86. The van der Waals surface area contributed by atoms with Crippen LogP contribution in [0.4, 0.5) is 0 Å². The Morgan fingerprint density at radius 1 is 0.604 bits per heavy atom. The maximum Gasteiger partial charge on any atom is 0.220 e. The fourth-order valence-corrected chi connectivity index (χ4v) is 6.79. The molecular formula is C38H75NO9. The van der Waals surface area contributed by atoms with E-state index in [2.05, 4.69) is 12.2 Å². The van der Waals surface area contributed by atoms with E-state index >= 15 is 0 Å². The van der Waals surface area contributed by atoms with Crippen LogP contribution in [0.25, 0.3) is 0 Å². The normalized spacial score (nSPS) is 23.9. The van der Waals surface area contributed by atoms with E-state index in [1.807, 2.05) is 6.92 Å². The van der Waals surface area contributed by atoms with Crippen molar-refractivity contribution in [3.8, 4) is 0 Å². The summed E-state index contributed by atoms with van der Waals surface area (Å²) in [6, 6.07) is -1.40. The lowest BCUT2D eigenvalue weighted by molar-refractivity contribution is -0.254. The first-order valence-corrected chi connectivity index (χ1v) is 19.8. The largest absolute Gasteiger partial charge is 0.394 e. The average molecular weight is 690 g/mol. The van der Waals surface area contributed by atoms with Crippen LogP contribution in [0.5, 0.6) is 0 Å². The Morgan fingerprint density at radius 2 is 1.02 bits per heavy atom.